The minimum Gasteiger partial charge on any atom is -0.230 e. The molecule has 0 aromatic rings. The Morgan fingerprint density at radius 2 is 1.31 bits per heavy atom. The largest absolute Gasteiger partial charge is 0.338 e. The van der Waals surface area contributed by atoms with Crippen molar-refractivity contribution >= 4 is 0 Å². The van der Waals surface area contributed by atoms with E-state index in [0.717, 1.165) is 0 Å². The van der Waals surface area contributed by atoms with Crippen LogP contribution in [0, 0.1) is 0 Å². The molecule has 1 aliphatic rings. The van der Waals surface area contributed by atoms with E-state index < -0.39 is 28.9 Å². The van der Waals surface area contributed by atoms with Crippen molar-refractivity contribution in [2.45, 2.75) is 31.4 Å². The van der Waals surface area contributed by atoms with E-state index in [-0.39, 0.29) is 6.92 Å². The van der Waals surface area contributed by atoms with E-state index in [0.29, 0.717) is 6.92 Å². The predicted octanol–water partition coefficient (Wildman–Crippen LogP) is 3.24. The van der Waals surface area contributed by atoms with Gasteiger partial charge in [-0.05, 0) is 13.8 Å². The second kappa shape index (κ2) is 2.22. The molecule has 0 N–H and O–H groups in total. The van der Waals surface area contributed by atoms with Crippen LogP contribution in [-0.2, 0) is 0 Å². The van der Waals surface area contributed by atoms with E-state index in [1.54, 1.807) is 0 Å². The molecule has 13 heavy (non-hydrogen) atoms. The fourth-order valence-electron chi connectivity index (χ4n) is 1.13. The first-order valence-electron chi connectivity index (χ1n) is 3.38. The number of hydrogen-bond acceptors (Lipinski definition) is 0. The zero-order valence-electron chi connectivity index (χ0n) is 6.77. The molecular weight excluding hydrogens is 198 g/mol. The zero-order valence-corrected chi connectivity index (χ0v) is 6.77. The summed E-state index contributed by atoms with van der Waals surface area (Å²) in [5.41, 5.74) is -5.73. The van der Waals surface area contributed by atoms with Crippen LogP contribution in [-0.4, -0.2) is 17.5 Å². The summed E-state index contributed by atoms with van der Waals surface area (Å²) in [5, 5.41) is 0. The molecule has 0 aromatic heterocycles. The summed E-state index contributed by atoms with van der Waals surface area (Å²) in [6.07, 6.45) is 0. The molecule has 0 amide bonds. The van der Waals surface area contributed by atoms with Gasteiger partial charge in [-0.2, -0.15) is 17.6 Å². The maximum absolute atomic E-state index is 12.9. The molecule has 0 saturated carbocycles. The Morgan fingerprint density at radius 3 is 1.38 bits per heavy atom. The van der Waals surface area contributed by atoms with E-state index in [9.17, 15) is 26.3 Å². The molecule has 0 nitrogen and oxygen atoms in total. The third-order valence-corrected chi connectivity index (χ3v) is 2.26. The first-order valence-corrected chi connectivity index (χ1v) is 3.38. The second-order valence-electron chi connectivity index (χ2n) is 3.09. The Morgan fingerprint density at radius 1 is 0.923 bits per heavy atom. The Labute approximate surface area is 70.2 Å². The van der Waals surface area contributed by atoms with Gasteiger partial charge in [0, 0.05) is 5.57 Å². The van der Waals surface area contributed by atoms with Gasteiger partial charge >= 0.3 is 11.8 Å². The average Bonchev–Trinajstić information content (AvgIpc) is 2.05. The predicted molar refractivity (Wildman–Crippen MR) is 33.2 cm³/mol. The van der Waals surface area contributed by atoms with Crippen molar-refractivity contribution in [3.05, 3.63) is 11.4 Å². The maximum Gasteiger partial charge on any atom is 0.338 e. The SMILES string of the molecule is CC1=C(F)C(F)(F)C(C)(F)C1(F)F. The van der Waals surface area contributed by atoms with Gasteiger partial charge in [0.2, 0.25) is 5.67 Å². The molecule has 76 valence electrons. The second-order valence-corrected chi connectivity index (χ2v) is 3.09. The summed E-state index contributed by atoms with van der Waals surface area (Å²) in [5.74, 6) is -11.6. The third-order valence-electron chi connectivity index (χ3n) is 2.26. The van der Waals surface area contributed by atoms with Gasteiger partial charge in [-0.25, -0.2) is 8.78 Å². The fraction of sp³-hybridized carbons (Fsp3) is 0.714. The average molecular weight is 204 g/mol. The molecule has 6 heteroatoms. The number of allylic oxidation sites excluding steroid dienone is 2. The van der Waals surface area contributed by atoms with E-state index in [2.05, 4.69) is 0 Å². The minimum atomic E-state index is -4.75. The van der Waals surface area contributed by atoms with Crippen LogP contribution in [0.3, 0.4) is 0 Å². The molecule has 0 spiro atoms. The first kappa shape index (κ1) is 10.4. The molecule has 1 atom stereocenters. The van der Waals surface area contributed by atoms with E-state index in [1.165, 1.54) is 0 Å². The summed E-state index contributed by atoms with van der Waals surface area (Å²) in [4.78, 5) is 0. The van der Waals surface area contributed by atoms with Crippen LogP contribution in [0.1, 0.15) is 13.8 Å². The Hall–Kier alpha value is -0.680. The van der Waals surface area contributed by atoms with Crippen molar-refractivity contribution in [2.75, 3.05) is 0 Å². The minimum absolute atomic E-state index is 0.0108. The van der Waals surface area contributed by atoms with Crippen LogP contribution in [0.2, 0.25) is 0 Å². The Balaban J connectivity index is 3.39. The highest BCUT2D eigenvalue weighted by molar-refractivity contribution is 5.37. The van der Waals surface area contributed by atoms with E-state index in [1.807, 2.05) is 0 Å². The van der Waals surface area contributed by atoms with Crippen molar-refractivity contribution in [1.82, 2.24) is 0 Å². The number of halogens is 6. The van der Waals surface area contributed by atoms with Crippen LogP contribution < -0.4 is 0 Å². The lowest BCUT2D eigenvalue weighted by Gasteiger charge is -2.28. The highest BCUT2D eigenvalue weighted by Crippen LogP contribution is 2.58. The van der Waals surface area contributed by atoms with Crippen LogP contribution >= 0.6 is 0 Å². The Kier molecular flexibility index (Phi) is 1.77. The van der Waals surface area contributed by atoms with Gasteiger partial charge < -0.3 is 0 Å². The summed E-state index contributed by atoms with van der Waals surface area (Å²) in [7, 11) is 0. The quantitative estimate of drug-likeness (QED) is 0.531. The lowest BCUT2D eigenvalue weighted by molar-refractivity contribution is -0.190. The summed E-state index contributed by atoms with van der Waals surface area (Å²) < 4.78 is 75.9. The van der Waals surface area contributed by atoms with Crippen LogP contribution in [0.5, 0.6) is 0 Å². The van der Waals surface area contributed by atoms with Crippen molar-refractivity contribution in [3.8, 4) is 0 Å². The molecule has 0 heterocycles. The molecule has 1 aliphatic carbocycles. The van der Waals surface area contributed by atoms with Crippen LogP contribution in [0.25, 0.3) is 0 Å². The maximum atomic E-state index is 12.9. The molecule has 0 bridgehead atoms. The molecule has 1 rings (SSSR count). The third kappa shape index (κ3) is 0.886. The number of hydrogen-bond donors (Lipinski definition) is 0. The molecule has 0 aromatic carbocycles. The lowest BCUT2D eigenvalue weighted by atomic mass is 9.97. The molecule has 0 aliphatic heterocycles. The molecule has 0 radical (unpaired) electrons. The van der Waals surface area contributed by atoms with E-state index >= 15 is 0 Å². The number of alkyl halides is 5. The molecule has 0 saturated heterocycles. The topological polar surface area (TPSA) is 0 Å². The fourth-order valence-corrected chi connectivity index (χ4v) is 1.13. The van der Waals surface area contributed by atoms with Gasteiger partial charge in [-0.3, -0.25) is 0 Å². The highest BCUT2D eigenvalue weighted by Gasteiger charge is 2.75. The monoisotopic (exact) mass is 204 g/mol. The standard InChI is InChI=1S/C7H6F6/c1-3-4(8)7(12,13)5(2,9)6(3,10)11/h1-2H3. The Bertz CT molecular complexity index is 249. The summed E-state index contributed by atoms with van der Waals surface area (Å²) >= 11 is 0. The van der Waals surface area contributed by atoms with E-state index in [4.69, 9.17) is 0 Å². The van der Waals surface area contributed by atoms with Gasteiger partial charge in [0.05, 0.1) is 0 Å². The zero-order chi connectivity index (χ0) is 10.7. The summed E-state index contributed by atoms with van der Waals surface area (Å²) in [6, 6.07) is 0. The van der Waals surface area contributed by atoms with Crippen LogP contribution in [0.15, 0.2) is 11.4 Å². The van der Waals surface area contributed by atoms with Crippen molar-refractivity contribution in [3.63, 3.8) is 0 Å². The van der Waals surface area contributed by atoms with Gasteiger partial charge in [0.15, 0.2) is 5.83 Å². The highest BCUT2D eigenvalue weighted by atomic mass is 19.3. The molecule has 0 fully saturated rings. The number of rotatable bonds is 0. The van der Waals surface area contributed by atoms with Crippen molar-refractivity contribution in [2.24, 2.45) is 0 Å². The molecule has 1 unspecified atom stereocenters. The normalized spacial score (nSPS) is 36.9. The van der Waals surface area contributed by atoms with Gasteiger partial charge in [-0.15, -0.1) is 0 Å². The summed E-state index contributed by atoms with van der Waals surface area (Å²) in [6.45, 7) is 0.442. The first-order chi connectivity index (χ1) is 5.57. The lowest BCUT2D eigenvalue weighted by Crippen LogP contribution is -2.50. The smallest absolute Gasteiger partial charge is 0.230 e. The van der Waals surface area contributed by atoms with Crippen molar-refractivity contribution in [1.29, 1.82) is 0 Å². The van der Waals surface area contributed by atoms with Gasteiger partial charge in [-0.1, -0.05) is 0 Å². The van der Waals surface area contributed by atoms with Crippen LogP contribution in [0.4, 0.5) is 26.3 Å². The molecular formula is C7H6F6. The van der Waals surface area contributed by atoms with Crippen molar-refractivity contribution < 1.29 is 26.3 Å². The van der Waals surface area contributed by atoms with Gasteiger partial charge in [0.25, 0.3) is 0 Å². The van der Waals surface area contributed by atoms with Gasteiger partial charge in [0.1, 0.15) is 0 Å².